The van der Waals surface area contributed by atoms with Gasteiger partial charge >= 0.3 is 5.97 Å². The molecule has 1 atom stereocenters. The van der Waals surface area contributed by atoms with E-state index in [1.54, 1.807) is 6.26 Å². The van der Waals surface area contributed by atoms with E-state index in [9.17, 15) is 9.59 Å². The van der Waals surface area contributed by atoms with E-state index in [0.717, 1.165) is 0 Å². The summed E-state index contributed by atoms with van der Waals surface area (Å²) in [6, 6.07) is 0. The highest BCUT2D eigenvalue weighted by molar-refractivity contribution is 7.99. The Morgan fingerprint density at radius 2 is 2.10 bits per heavy atom. The van der Waals surface area contributed by atoms with Crippen LogP contribution in [-0.4, -0.2) is 28.4 Å². The van der Waals surface area contributed by atoms with Crippen LogP contribution in [0.25, 0.3) is 0 Å². The van der Waals surface area contributed by atoms with E-state index in [1.807, 2.05) is 0 Å². The zero-order chi connectivity index (χ0) is 8.15. The van der Waals surface area contributed by atoms with Gasteiger partial charge in [0.2, 0.25) is 0 Å². The zero-order valence-electron chi connectivity index (χ0n) is 5.96. The lowest BCUT2D eigenvalue weighted by Crippen LogP contribution is -2.17. The smallest absolute Gasteiger partial charge is 0.304 e. The van der Waals surface area contributed by atoms with Crippen molar-refractivity contribution >= 4 is 23.5 Å². The SMILES string of the molecule is CSC(CC(=O)O)C(C)=O. The van der Waals surface area contributed by atoms with Gasteiger partial charge in [0.1, 0.15) is 5.78 Å². The van der Waals surface area contributed by atoms with Gasteiger partial charge in [-0.1, -0.05) is 0 Å². The van der Waals surface area contributed by atoms with Crippen LogP contribution in [0.5, 0.6) is 0 Å². The second kappa shape index (κ2) is 4.33. The van der Waals surface area contributed by atoms with Gasteiger partial charge in [-0.25, -0.2) is 0 Å². The van der Waals surface area contributed by atoms with Crippen LogP contribution in [0.2, 0.25) is 0 Å². The number of rotatable bonds is 4. The van der Waals surface area contributed by atoms with Gasteiger partial charge in [-0.2, -0.15) is 11.8 Å². The van der Waals surface area contributed by atoms with Crippen LogP contribution >= 0.6 is 11.8 Å². The van der Waals surface area contributed by atoms with E-state index in [0.29, 0.717) is 0 Å². The molecule has 0 rings (SSSR count). The molecule has 0 fully saturated rings. The molecule has 0 saturated heterocycles. The molecule has 1 unspecified atom stereocenters. The first kappa shape index (κ1) is 9.49. The van der Waals surface area contributed by atoms with Crippen molar-refractivity contribution in [3.8, 4) is 0 Å². The Hall–Kier alpha value is -0.510. The van der Waals surface area contributed by atoms with Crippen LogP contribution < -0.4 is 0 Å². The van der Waals surface area contributed by atoms with Crippen LogP contribution in [0.1, 0.15) is 13.3 Å². The molecule has 0 radical (unpaired) electrons. The van der Waals surface area contributed by atoms with E-state index in [1.165, 1.54) is 18.7 Å². The van der Waals surface area contributed by atoms with E-state index in [2.05, 4.69) is 0 Å². The number of Topliss-reactive ketones (excluding diaryl/α,β-unsaturated/α-hetero) is 1. The molecule has 0 spiro atoms. The number of thioether (sulfide) groups is 1. The van der Waals surface area contributed by atoms with E-state index in [-0.39, 0.29) is 17.5 Å². The molecule has 0 bridgehead atoms. The Kier molecular flexibility index (Phi) is 4.11. The van der Waals surface area contributed by atoms with E-state index >= 15 is 0 Å². The first-order valence-electron chi connectivity index (χ1n) is 2.83. The van der Waals surface area contributed by atoms with Gasteiger partial charge < -0.3 is 5.11 Å². The summed E-state index contributed by atoms with van der Waals surface area (Å²) >= 11 is 1.28. The lowest BCUT2D eigenvalue weighted by atomic mass is 10.2. The Labute approximate surface area is 63.8 Å². The number of aliphatic carboxylic acids is 1. The maximum absolute atomic E-state index is 10.6. The summed E-state index contributed by atoms with van der Waals surface area (Å²) < 4.78 is 0. The summed E-state index contributed by atoms with van der Waals surface area (Å²) in [4.78, 5) is 20.7. The fourth-order valence-electron chi connectivity index (χ4n) is 0.552. The average Bonchev–Trinajstić information content (AvgIpc) is 1.81. The molecule has 0 aliphatic rings. The van der Waals surface area contributed by atoms with Gasteiger partial charge in [-0.05, 0) is 13.2 Å². The Morgan fingerprint density at radius 1 is 1.60 bits per heavy atom. The molecule has 1 N–H and O–H groups in total. The number of hydrogen-bond donors (Lipinski definition) is 1. The number of carbonyl (C=O) groups excluding carboxylic acids is 1. The maximum Gasteiger partial charge on any atom is 0.304 e. The van der Waals surface area contributed by atoms with Crippen molar-refractivity contribution in [2.24, 2.45) is 0 Å². The standard InChI is InChI=1S/C6H10O3S/c1-4(7)5(10-2)3-6(8)9/h5H,3H2,1-2H3,(H,8,9). The van der Waals surface area contributed by atoms with E-state index in [4.69, 9.17) is 5.11 Å². The molecular formula is C6H10O3S. The number of carboxylic acid groups (broad SMARTS) is 1. The summed E-state index contributed by atoms with van der Waals surface area (Å²) in [5.41, 5.74) is 0. The average molecular weight is 162 g/mol. The van der Waals surface area contributed by atoms with Gasteiger partial charge in [-0.15, -0.1) is 0 Å². The third-order valence-corrected chi connectivity index (χ3v) is 2.17. The Bertz CT molecular complexity index is 144. The van der Waals surface area contributed by atoms with Crippen LogP contribution in [0.3, 0.4) is 0 Å². The molecule has 10 heavy (non-hydrogen) atoms. The topological polar surface area (TPSA) is 54.4 Å². The fraction of sp³-hybridized carbons (Fsp3) is 0.667. The Morgan fingerprint density at radius 3 is 2.20 bits per heavy atom. The maximum atomic E-state index is 10.6. The monoisotopic (exact) mass is 162 g/mol. The highest BCUT2D eigenvalue weighted by atomic mass is 32.2. The Balaban J connectivity index is 3.83. The molecule has 0 aromatic heterocycles. The molecule has 58 valence electrons. The van der Waals surface area contributed by atoms with Gasteiger partial charge in [-0.3, -0.25) is 9.59 Å². The van der Waals surface area contributed by atoms with Crippen molar-refractivity contribution in [2.45, 2.75) is 18.6 Å². The molecule has 0 aromatic rings. The molecule has 0 saturated carbocycles. The number of hydrogen-bond acceptors (Lipinski definition) is 3. The lowest BCUT2D eigenvalue weighted by molar-refractivity contribution is -0.138. The molecule has 0 aliphatic carbocycles. The van der Waals surface area contributed by atoms with Crippen molar-refractivity contribution in [3.05, 3.63) is 0 Å². The fourth-order valence-corrected chi connectivity index (χ4v) is 1.19. The molecule has 0 heterocycles. The van der Waals surface area contributed by atoms with Crippen LogP contribution in [0, 0.1) is 0 Å². The summed E-state index contributed by atoms with van der Waals surface area (Å²) in [6.07, 6.45) is 1.66. The van der Waals surface area contributed by atoms with E-state index < -0.39 is 5.97 Å². The molecule has 0 amide bonds. The highest BCUT2D eigenvalue weighted by Gasteiger charge is 2.15. The summed E-state index contributed by atoms with van der Waals surface area (Å²) in [5.74, 6) is -0.996. The second-order valence-electron chi connectivity index (χ2n) is 1.93. The van der Waals surface area contributed by atoms with Crippen LogP contribution in [0.15, 0.2) is 0 Å². The van der Waals surface area contributed by atoms with Gasteiger partial charge in [0.25, 0.3) is 0 Å². The lowest BCUT2D eigenvalue weighted by Gasteiger charge is -2.05. The van der Waals surface area contributed by atoms with Crippen molar-refractivity contribution in [3.63, 3.8) is 0 Å². The minimum Gasteiger partial charge on any atom is -0.481 e. The van der Waals surface area contributed by atoms with Gasteiger partial charge in [0, 0.05) is 0 Å². The number of ketones is 1. The van der Waals surface area contributed by atoms with Crippen LogP contribution in [-0.2, 0) is 9.59 Å². The minimum absolute atomic E-state index is 0.0729. The third kappa shape index (κ3) is 3.50. The molecule has 0 aromatic carbocycles. The predicted molar refractivity (Wildman–Crippen MR) is 40.2 cm³/mol. The van der Waals surface area contributed by atoms with Crippen molar-refractivity contribution in [1.29, 1.82) is 0 Å². The van der Waals surface area contributed by atoms with Crippen molar-refractivity contribution < 1.29 is 14.7 Å². The number of carboxylic acids is 1. The second-order valence-corrected chi connectivity index (χ2v) is 2.97. The third-order valence-electron chi connectivity index (χ3n) is 1.10. The molecule has 4 heteroatoms. The van der Waals surface area contributed by atoms with Gasteiger partial charge in [0.15, 0.2) is 0 Å². The van der Waals surface area contributed by atoms with Crippen LogP contribution in [0.4, 0.5) is 0 Å². The zero-order valence-corrected chi connectivity index (χ0v) is 6.77. The minimum atomic E-state index is -0.922. The summed E-state index contributed by atoms with van der Waals surface area (Å²) in [7, 11) is 0. The molecular weight excluding hydrogens is 152 g/mol. The first-order chi connectivity index (χ1) is 4.57. The highest BCUT2D eigenvalue weighted by Crippen LogP contribution is 2.11. The predicted octanol–water partition coefficient (Wildman–Crippen LogP) is 0.782. The summed E-state index contributed by atoms with van der Waals surface area (Å²) in [6.45, 7) is 1.41. The normalized spacial score (nSPS) is 12.6. The quantitative estimate of drug-likeness (QED) is 0.663. The largest absolute Gasteiger partial charge is 0.481 e. The number of carbonyl (C=O) groups is 2. The summed E-state index contributed by atoms with van der Waals surface area (Å²) in [5, 5.41) is 7.92. The van der Waals surface area contributed by atoms with Crippen molar-refractivity contribution in [2.75, 3.05) is 6.26 Å². The first-order valence-corrected chi connectivity index (χ1v) is 4.11. The molecule has 0 aliphatic heterocycles. The van der Waals surface area contributed by atoms with Crippen molar-refractivity contribution in [1.82, 2.24) is 0 Å². The molecule has 3 nitrogen and oxygen atoms in total. The van der Waals surface area contributed by atoms with Gasteiger partial charge in [0.05, 0.1) is 11.7 Å².